The van der Waals surface area contributed by atoms with Crippen molar-refractivity contribution in [2.75, 3.05) is 50.0 Å². The molecule has 0 radical (unpaired) electrons. The zero-order chi connectivity index (χ0) is 16.8. The third-order valence-corrected chi connectivity index (χ3v) is 4.58. The number of benzene rings is 2. The van der Waals surface area contributed by atoms with Crippen molar-refractivity contribution in [3.8, 4) is 5.75 Å². The van der Waals surface area contributed by atoms with Gasteiger partial charge in [0.1, 0.15) is 5.75 Å². The molecule has 1 aliphatic rings. The zero-order valence-electron chi connectivity index (χ0n) is 14.4. The van der Waals surface area contributed by atoms with Crippen LogP contribution in [0.15, 0.2) is 48.5 Å². The Morgan fingerprint density at radius 1 is 0.917 bits per heavy atom. The first-order valence-electron chi connectivity index (χ1n) is 8.79. The van der Waals surface area contributed by atoms with E-state index in [9.17, 15) is 0 Å². The van der Waals surface area contributed by atoms with Gasteiger partial charge in [-0.15, -0.1) is 0 Å². The summed E-state index contributed by atoms with van der Waals surface area (Å²) in [6, 6.07) is 16.7. The Morgan fingerprint density at radius 3 is 2.21 bits per heavy atom. The minimum atomic E-state index is 0.720. The van der Waals surface area contributed by atoms with Crippen LogP contribution in [0.3, 0.4) is 0 Å². The van der Waals surface area contributed by atoms with Crippen LogP contribution >= 0.6 is 0 Å². The van der Waals surface area contributed by atoms with Crippen molar-refractivity contribution >= 4 is 11.4 Å². The molecule has 0 saturated carbocycles. The summed E-state index contributed by atoms with van der Waals surface area (Å²) in [6.45, 7) is 8.22. The maximum Gasteiger partial charge on any atom is 0.119 e. The van der Waals surface area contributed by atoms with Gasteiger partial charge in [0, 0.05) is 44.1 Å². The molecule has 0 aliphatic carbocycles. The predicted octanol–water partition coefficient (Wildman–Crippen LogP) is 3.03. The molecule has 2 aromatic rings. The van der Waals surface area contributed by atoms with Crippen LogP contribution in [-0.4, -0.2) is 44.2 Å². The Hall–Kier alpha value is -2.20. The summed E-state index contributed by atoms with van der Waals surface area (Å²) in [4.78, 5) is 4.98. The second-order valence-electron chi connectivity index (χ2n) is 6.25. The maximum atomic E-state index is 5.76. The first-order chi connectivity index (χ1) is 11.7. The number of rotatable bonds is 6. The van der Waals surface area contributed by atoms with Crippen molar-refractivity contribution in [1.82, 2.24) is 4.90 Å². The molecule has 3 rings (SSSR count). The van der Waals surface area contributed by atoms with Gasteiger partial charge in [-0.2, -0.15) is 0 Å². The molecule has 0 aromatic heterocycles. The average Bonchev–Trinajstić information content (AvgIpc) is 2.63. The number of nitrogens with two attached hydrogens (primary N) is 1. The largest absolute Gasteiger partial charge is 0.494 e. The van der Waals surface area contributed by atoms with E-state index in [1.165, 1.54) is 11.3 Å². The van der Waals surface area contributed by atoms with Crippen molar-refractivity contribution in [3.05, 3.63) is 54.1 Å². The highest BCUT2D eigenvalue weighted by Gasteiger charge is 2.16. The molecule has 1 saturated heterocycles. The van der Waals surface area contributed by atoms with E-state index in [0.29, 0.717) is 0 Å². The number of nitrogen functional groups attached to an aromatic ring is 1. The minimum absolute atomic E-state index is 0.720. The molecule has 1 fully saturated rings. The van der Waals surface area contributed by atoms with Crippen molar-refractivity contribution in [3.63, 3.8) is 0 Å². The Labute approximate surface area is 144 Å². The number of hydrogen-bond donors (Lipinski definition) is 1. The quantitative estimate of drug-likeness (QED) is 0.829. The third kappa shape index (κ3) is 4.42. The van der Waals surface area contributed by atoms with Crippen molar-refractivity contribution in [2.45, 2.75) is 13.3 Å². The second kappa shape index (κ2) is 8.06. The summed E-state index contributed by atoms with van der Waals surface area (Å²) in [7, 11) is 0. The lowest BCUT2D eigenvalue weighted by Crippen LogP contribution is -2.47. The lowest BCUT2D eigenvalue weighted by molar-refractivity contribution is 0.261. The fourth-order valence-corrected chi connectivity index (χ4v) is 3.12. The van der Waals surface area contributed by atoms with Gasteiger partial charge in [-0.05, 0) is 55.3 Å². The van der Waals surface area contributed by atoms with Gasteiger partial charge in [-0.3, -0.25) is 4.90 Å². The van der Waals surface area contributed by atoms with Crippen LogP contribution in [0.2, 0.25) is 0 Å². The van der Waals surface area contributed by atoms with Crippen LogP contribution in [0.4, 0.5) is 11.4 Å². The average molecular weight is 325 g/mol. The highest BCUT2D eigenvalue weighted by atomic mass is 16.5. The second-order valence-corrected chi connectivity index (χ2v) is 6.25. The monoisotopic (exact) mass is 325 g/mol. The van der Waals surface area contributed by atoms with Gasteiger partial charge in [0.05, 0.1) is 6.61 Å². The maximum absolute atomic E-state index is 5.76. The molecule has 2 aromatic carbocycles. The number of hydrogen-bond acceptors (Lipinski definition) is 4. The van der Waals surface area contributed by atoms with Crippen molar-refractivity contribution in [1.29, 1.82) is 0 Å². The molecule has 2 N–H and O–H groups in total. The van der Waals surface area contributed by atoms with Crippen LogP contribution in [0, 0.1) is 0 Å². The van der Waals surface area contributed by atoms with Crippen molar-refractivity contribution in [2.24, 2.45) is 0 Å². The van der Waals surface area contributed by atoms with E-state index in [0.717, 1.165) is 57.2 Å². The minimum Gasteiger partial charge on any atom is -0.494 e. The fraction of sp³-hybridized carbons (Fsp3) is 0.400. The van der Waals surface area contributed by atoms with Crippen molar-refractivity contribution < 1.29 is 4.74 Å². The molecule has 4 nitrogen and oxygen atoms in total. The van der Waals surface area contributed by atoms with Gasteiger partial charge in [-0.1, -0.05) is 12.1 Å². The first-order valence-corrected chi connectivity index (χ1v) is 8.79. The van der Waals surface area contributed by atoms with E-state index in [-0.39, 0.29) is 0 Å². The van der Waals surface area contributed by atoms with E-state index < -0.39 is 0 Å². The molecule has 0 amide bonds. The van der Waals surface area contributed by atoms with E-state index in [2.05, 4.69) is 46.2 Å². The highest BCUT2D eigenvalue weighted by molar-refractivity contribution is 5.53. The number of piperazine rings is 1. The van der Waals surface area contributed by atoms with Gasteiger partial charge in [-0.25, -0.2) is 0 Å². The third-order valence-electron chi connectivity index (χ3n) is 4.58. The Balaban J connectivity index is 1.44. The van der Waals surface area contributed by atoms with Gasteiger partial charge in [0.25, 0.3) is 0 Å². The first kappa shape index (κ1) is 16.7. The fourth-order valence-electron chi connectivity index (χ4n) is 3.12. The topological polar surface area (TPSA) is 41.7 Å². The molecule has 4 heteroatoms. The smallest absolute Gasteiger partial charge is 0.119 e. The Morgan fingerprint density at radius 2 is 1.58 bits per heavy atom. The molecule has 0 bridgehead atoms. The molecule has 1 heterocycles. The standard InChI is InChI=1S/C20H27N3O/c1-2-24-20-9-3-17(4-10-20)11-12-22-13-15-23(16-14-22)19-7-5-18(21)6-8-19/h3-10H,2,11-16,21H2,1H3. The van der Waals surface area contributed by atoms with Crippen LogP contribution in [0.1, 0.15) is 12.5 Å². The molecule has 128 valence electrons. The lowest BCUT2D eigenvalue weighted by Gasteiger charge is -2.36. The van der Waals surface area contributed by atoms with E-state index in [4.69, 9.17) is 10.5 Å². The molecular formula is C20H27N3O. The van der Waals surface area contributed by atoms with Gasteiger partial charge < -0.3 is 15.4 Å². The molecule has 0 unspecified atom stereocenters. The van der Waals surface area contributed by atoms with Gasteiger partial charge in [0.15, 0.2) is 0 Å². The SMILES string of the molecule is CCOc1ccc(CCN2CCN(c3ccc(N)cc3)CC2)cc1. The summed E-state index contributed by atoms with van der Waals surface area (Å²) in [5.41, 5.74) is 9.24. The van der Waals surface area contributed by atoms with Crippen LogP contribution in [-0.2, 0) is 6.42 Å². The van der Waals surface area contributed by atoms with E-state index in [1.54, 1.807) is 0 Å². The molecule has 0 atom stereocenters. The summed E-state index contributed by atoms with van der Waals surface area (Å²) in [5.74, 6) is 0.957. The molecule has 0 spiro atoms. The number of nitrogens with zero attached hydrogens (tertiary/aromatic N) is 2. The zero-order valence-corrected chi connectivity index (χ0v) is 14.4. The Bertz CT molecular complexity index is 616. The predicted molar refractivity (Wildman–Crippen MR) is 101 cm³/mol. The number of ether oxygens (including phenoxy) is 1. The highest BCUT2D eigenvalue weighted by Crippen LogP contribution is 2.18. The lowest BCUT2D eigenvalue weighted by atomic mass is 10.1. The normalized spacial score (nSPS) is 15.5. The Kier molecular flexibility index (Phi) is 5.59. The molecular weight excluding hydrogens is 298 g/mol. The van der Waals surface area contributed by atoms with Gasteiger partial charge in [0.2, 0.25) is 0 Å². The molecule has 24 heavy (non-hydrogen) atoms. The van der Waals surface area contributed by atoms with E-state index >= 15 is 0 Å². The summed E-state index contributed by atoms with van der Waals surface area (Å²) >= 11 is 0. The van der Waals surface area contributed by atoms with Crippen LogP contribution < -0.4 is 15.4 Å². The summed E-state index contributed by atoms with van der Waals surface area (Å²) in [5, 5.41) is 0. The molecule has 1 aliphatic heterocycles. The summed E-state index contributed by atoms with van der Waals surface area (Å²) in [6.07, 6.45) is 1.09. The van der Waals surface area contributed by atoms with Crippen LogP contribution in [0.25, 0.3) is 0 Å². The summed E-state index contributed by atoms with van der Waals surface area (Å²) < 4.78 is 5.49. The van der Waals surface area contributed by atoms with Gasteiger partial charge >= 0.3 is 0 Å². The van der Waals surface area contributed by atoms with E-state index in [1.807, 2.05) is 19.1 Å². The number of anilines is 2. The van der Waals surface area contributed by atoms with Crippen LogP contribution in [0.5, 0.6) is 5.75 Å².